The molecule has 14 heavy (non-hydrogen) atoms. The molecule has 1 N–H and O–H groups in total. The molecule has 2 aliphatic rings. The predicted molar refractivity (Wildman–Crippen MR) is 58.7 cm³/mol. The summed E-state index contributed by atoms with van der Waals surface area (Å²) in [5.74, 6) is 1.13. The molecule has 0 fully saturated rings. The molecule has 4 nitrogen and oxygen atoms in total. The summed E-state index contributed by atoms with van der Waals surface area (Å²) in [5.41, 5.74) is 3.62. The first-order chi connectivity index (χ1) is 6.69. The fourth-order valence-electron chi connectivity index (χ4n) is 1.73. The lowest BCUT2D eigenvalue weighted by Gasteiger charge is -2.27. The smallest absolute Gasteiger partial charge is 0.345 e. The summed E-state index contributed by atoms with van der Waals surface area (Å²) in [6.45, 7) is 4.24. The van der Waals surface area contributed by atoms with Gasteiger partial charge in [0.25, 0.3) is 0 Å². The van der Waals surface area contributed by atoms with Gasteiger partial charge < -0.3 is 3.98 Å². The highest BCUT2D eigenvalue weighted by molar-refractivity contribution is 6.26. The van der Waals surface area contributed by atoms with E-state index in [-0.39, 0.29) is 5.41 Å². The predicted octanol–water partition coefficient (Wildman–Crippen LogP) is 0.668. The first kappa shape index (κ1) is 9.63. The molecular formula is C9H11AlN4. The number of hydrazone groups is 1. The van der Waals surface area contributed by atoms with Crippen molar-refractivity contribution in [3.8, 4) is 0 Å². The Morgan fingerprint density at radius 2 is 2.43 bits per heavy atom. The van der Waals surface area contributed by atoms with E-state index in [1.165, 1.54) is 0 Å². The Hall–Kier alpha value is -0.918. The Kier molecular flexibility index (Phi) is 2.30. The van der Waals surface area contributed by atoms with E-state index in [9.17, 15) is 0 Å². The van der Waals surface area contributed by atoms with Gasteiger partial charge in [0.1, 0.15) is 0 Å². The highest BCUT2D eigenvalue weighted by Gasteiger charge is 2.43. The minimum Gasteiger partial charge on any atom is -0.430 e. The Morgan fingerprint density at radius 3 is 3.14 bits per heavy atom. The highest BCUT2D eigenvalue weighted by atomic mass is 27.1. The molecule has 0 aromatic heterocycles. The Morgan fingerprint density at radius 1 is 1.64 bits per heavy atom. The normalized spacial score (nSPS) is 37.7. The standard InChI is InChI=1S/C9H11N4.Al/c1-6-5-11-8-9(6,2)7(10)3-4-12-13-8;/h3-6,12H,1-2H3;/q-1;+1/t6?,9-;/m0./s1. The van der Waals surface area contributed by atoms with Gasteiger partial charge in [0.2, 0.25) is 0 Å². The number of rotatable bonds is 0. The molecule has 2 heterocycles. The molecule has 0 amide bonds. The number of hydrogen-bond donors (Lipinski definition) is 1. The molecule has 2 rings (SSSR count). The van der Waals surface area contributed by atoms with Crippen LogP contribution in [-0.2, 0) is 0 Å². The average molecular weight is 202 g/mol. The van der Waals surface area contributed by atoms with Crippen LogP contribution in [0.4, 0.5) is 0 Å². The maximum Gasteiger partial charge on any atom is 0.345 e. The molecule has 5 heteroatoms. The molecule has 2 atom stereocenters. The van der Waals surface area contributed by atoms with Gasteiger partial charge in [-0.2, -0.15) is 5.10 Å². The molecule has 0 aromatic rings. The van der Waals surface area contributed by atoms with E-state index in [1.807, 2.05) is 12.3 Å². The van der Waals surface area contributed by atoms with Crippen LogP contribution in [0.3, 0.4) is 0 Å². The number of aliphatic imine (C=N–C) groups is 1. The maximum absolute atomic E-state index is 4.30. The van der Waals surface area contributed by atoms with E-state index in [4.69, 9.17) is 0 Å². The largest absolute Gasteiger partial charge is 0.430 e. The third-order valence-electron chi connectivity index (χ3n) is 2.95. The van der Waals surface area contributed by atoms with E-state index in [2.05, 4.69) is 49.9 Å². The van der Waals surface area contributed by atoms with Crippen molar-refractivity contribution in [1.29, 1.82) is 0 Å². The Labute approximate surface area is 91.5 Å². The minimum atomic E-state index is -0.193. The Balaban J connectivity index is 2.55. The molecule has 0 spiro atoms. The van der Waals surface area contributed by atoms with Gasteiger partial charge in [-0.15, -0.1) is 0 Å². The zero-order valence-corrected chi connectivity index (χ0v) is 9.38. The zero-order valence-electron chi connectivity index (χ0n) is 8.23. The number of nitrogens with zero attached hydrogens (tertiary/aromatic N) is 3. The van der Waals surface area contributed by atoms with Crippen molar-refractivity contribution in [1.82, 2.24) is 5.43 Å². The van der Waals surface area contributed by atoms with Crippen molar-refractivity contribution in [2.75, 3.05) is 0 Å². The third-order valence-corrected chi connectivity index (χ3v) is 3.23. The molecule has 0 saturated carbocycles. The van der Waals surface area contributed by atoms with Crippen LogP contribution < -0.4 is 5.43 Å². The van der Waals surface area contributed by atoms with Gasteiger partial charge in [-0.3, -0.25) is 5.43 Å². The fraction of sp³-hybridized carbons (Fsp3) is 0.444. The molecule has 2 aliphatic heterocycles. The van der Waals surface area contributed by atoms with Crippen LogP contribution in [0.2, 0.25) is 0 Å². The van der Waals surface area contributed by atoms with E-state index in [0.29, 0.717) is 5.92 Å². The van der Waals surface area contributed by atoms with Gasteiger partial charge in [-0.05, 0) is 13.0 Å². The summed E-state index contributed by atoms with van der Waals surface area (Å²) < 4.78 is 4.22. The Bertz CT molecular complexity index is 369. The number of allylic oxidation sites excluding steroid dienone is 1. The topological polar surface area (TPSA) is 49.1 Å². The van der Waals surface area contributed by atoms with E-state index < -0.39 is 0 Å². The molecule has 0 bridgehead atoms. The lowest BCUT2D eigenvalue weighted by molar-refractivity contribution is 0.544. The highest BCUT2D eigenvalue weighted by Crippen LogP contribution is 2.36. The van der Waals surface area contributed by atoms with Crippen LogP contribution >= 0.6 is 0 Å². The fourth-order valence-corrected chi connectivity index (χ4v) is 2.08. The second-order valence-corrected chi connectivity index (χ2v) is 3.94. The lowest BCUT2D eigenvalue weighted by Crippen LogP contribution is -2.37. The summed E-state index contributed by atoms with van der Waals surface area (Å²) in [7, 11) is 0. The number of nitrogens with one attached hydrogen (secondary N) is 1. The summed E-state index contributed by atoms with van der Waals surface area (Å²) in [4.78, 5) is 4.30. The first-order valence-electron chi connectivity index (χ1n) is 4.52. The van der Waals surface area contributed by atoms with Gasteiger partial charge in [-0.1, -0.05) is 6.92 Å². The van der Waals surface area contributed by atoms with Gasteiger partial charge in [0, 0.05) is 24.0 Å². The van der Waals surface area contributed by atoms with Crippen LogP contribution in [-0.4, -0.2) is 34.3 Å². The van der Waals surface area contributed by atoms with Crippen LogP contribution in [0.15, 0.2) is 26.3 Å². The molecular weight excluding hydrogens is 191 g/mol. The summed E-state index contributed by atoms with van der Waals surface area (Å²) in [5, 5.41) is 4.20. The van der Waals surface area contributed by atoms with Crippen LogP contribution in [0, 0.1) is 11.3 Å². The van der Waals surface area contributed by atoms with Crippen molar-refractivity contribution in [3.63, 3.8) is 0 Å². The molecule has 70 valence electrons. The SMILES string of the molecule is CC1C=NC2=NNC=CC(=[N][Al])[C@@]21C. The molecule has 0 aliphatic carbocycles. The van der Waals surface area contributed by atoms with Crippen molar-refractivity contribution in [3.05, 3.63) is 12.3 Å². The van der Waals surface area contributed by atoms with Crippen LogP contribution in [0.25, 0.3) is 0 Å². The number of fused-ring (bicyclic) bond motifs is 1. The van der Waals surface area contributed by atoms with Crippen LogP contribution in [0.1, 0.15) is 13.8 Å². The maximum atomic E-state index is 4.30. The van der Waals surface area contributed by atoms with E-state index in [0.717, 1.165) is 11.5 Å². The second-order valence-electron chi connectivity index (χ2n) is 3.68. The second kappa shape index (κ2) is 3.34. The summed E-state index contributed by atoms with van der Waals surface area (Å²) >= 11 is 2.40. The molecule has 1 unspecified atom stereocenters. The van der Waals surface area contributed by atoms with Crippen molar-refractivity contribution in [2.24, 2.45) is 25.4 Å². The molecule has 0 saturated heterocycles. The number of hydrogen-bond acceptors (Lipinski definition) is 4. The molecule has 2 radical (unpaired) electrons. The van der Waals surface area contributed by atoms with E-state index >= 15 is 0 Å². The lowest BCUT2D eigenvalue weighted by atomic mass is 9.75. The zero-order chi connectivity index (χ0) is 10.2. The third kappa shape index (κ3) is 1.17. The average Bonchev–Trinajstić information content (AvgIpc) is 2.37. The van der Waals surface area contributed by atoms with Gasteiger partial charge in [0.05, 0.1) is 5.41 Å². The minimum absolute atomic E-state index is 0.193. The monoisotopic (exact) mass is 202 g/mol. The van der Waals surface area contributed by atoms with E-state index in [1.54, 1.807) is 6.20 Å². The van der Waals surface area contributed by atoms with Gasteiger partial charge in [-0.25, -0.2) is 4.99 Å². The van der Waals surface area contributed by atoms with Gasteiger partial charge in [0.15, 0.2) is 5.84 Å². The quantitative estimate of drug-likeness (QED) is 0.576. The van der Waals surface area contributed by atoms with Crippen molar-refractivity contribution < 1.29 is 0 Å². The van der Waals surface area contributed by atoms with Gasteiger partial charge >= 0.3 is 16.5 Å². The number of amidine groups is 1. The van der Waals surface area contributed by atoms with Crippen molar-refractivity contribution in [2.45, 2.75) is 13.8 Å². The first-order valence-corrected chi connectivity index (χ1v) is 5.04. The van der Waals surface area contributed by atoms with Crippen molar-refractivity contribution >= 4 is 34.3 Å². The summed E-state index contributed by atoms with van der Waals surface area (Å²) in [6.07, 6.45) is 5.64. The van der Waals surface area contributed by atoms with Crippen LogP contribution in [0.5, 0.6) is 0 Å². The molecule has 0 aromatic carbocycles. The summed E-state index contributed by atoms with van der Waals surface area (Å²) in [6, 6.07) is 0.